The summed E-state index contributed by atoms with van der Waals surface area (Å²) in [4.78, 5) is 21.1. The number of aliphatic hydroxyl groups excluding tert-OH is 2. The topological polar surface area (TPSA) is 104 Å². The summed E-state index contributed by atoms with van der Waals surface area (Å²) < 4.78 is 11.4. The maximum Gasteiger partial charge on any atom is 0.195 e. The molecule has 2 aliphatic carbocycles. The summed E-state index contributed by atoms with van der Waals surface area (Å²) in [7, 11) is 3.34. The Morgan fingerprint density at radius 1 is 1.39 bits per heavy atom. The van der Waals surface area contributed by atoms with E-state index in [1.165, 1.54) is 0 Å². The molecule has 0 bridgehead atoms. The molecule has 2 aromatic rings. The van der Waals surface area contributed by atoms with Gasteiger partial charge in [-0.05, 0) is 11.6 Å². The minimum absolute atomic E-state index is 0.0142. The maximum atomic E-state index is 13.5. The lowest BCUT2D eigenvalue weighted by atomic mass is 9.68. The first-order valence-corrected chi connectivity index (χ1v) is 10.4. The number of aromatic nitrogens is 1. The van der Waals surface area contributed by atoms with Gasteiger partial charge in [0.05, 0.1) is 23.8 Å². The Hall–Kier alpha value is -2.74. The van der Waals surface area contributed by atoms with Crippen LogP contribution in [0.3, 0.4) is 0 Å². The number of rotatable bonds is 6. The molecule has 7 heteroatoms. The molecule has 0 saturated heterocycles. The summed E-state index contributed by atoms with van der Waals surface area (Å²) in [6.45, 7) is 3.75. The van der Waals surface area contributed by atoms with E-state index in [1.807, 2.05) is 24.3 Å². The van der Waals surface area contributed by atoms with E-state index in [9.17, 15) is 9.90 Å². The summed E-state index contributed by atoms with van der Waals surface area (Å²) in [6, 6.07) is 3.76. The number of hydrogen-bond acceptors (Lipinski definition) is 6. The third-order valence-corrected chi connectivity index (χ3v) is 6.22. The van der Waals surface area contributed by atoms with Crippen LogP contribution in [0.4, 0.5) is 0 Å². The number of aliphatic imine (C=N–C) groups is 1. The van der Waals surface area contributed by atoms with E-state index in [4.69, 9.17) is 14.6 Å². The molecule has 2 atom stereocenters. The van der Waals surface area contributed by atoms with Gasteiger partial charge in [0.1, 0.15) is 12.7 Å². The molecule has 31 heavy (non-hydrogen) atoms. The van der Waals surface area contributed by atoms with Crippen molar-refractivity contribution in [2.45, 2.75) is 37.9 Å². The van der Waals surface area contributed by atoms with Gasteiger partial charge >= 0.3 is 0 Å². The standard InChI is InChI=1S/C24H28N2O5/c1-24(2)18-9-15(30-4)6-8-16(18)21(29)19-17-7-5-13(10-25-3)22(20(17)26-23(19)24)31-12-14(28)11-27/h5-8,10,14-15,26-28H,9,11-12H2,1-4H3/t14-,15?/m1/s1. The molecule has 0 spiro atoms. The second-order valence-electron chi connectivity index (χ2n) is 8.50. The van der Waals surface area contributed by atoms with Gasteiger partial charge in [-0.2, -0.15) is 0 Å². The van der Waals surface area contributed by atoms with Crippen LogP contribution in [0.2, 0.25) is 0 Å². The Labute approximate surface area is 181 Å². The van der Waals surface area contributed by atoms with Crippen LogP contribution in [0.1, 0.15) is 41.9 Å². The number of allylic oxidation sites excluding steroid dienone is 2. The van der Waals surface area contributed by atoms with E-state index in [0.29, 0.717) is 23.3 Å². The van der Waals surface area contributed by atoms with Crippen molar-refractivity contribution in [2.75, 3.05) is 27.4 Å². The largest absolute Gasteiger partial charge is 0.488 e. The molecule has 1 heterocycles. The molecule has 0 saturated carbocycles. The number of H-pyrrole nitrogens is 1. The van der Waals surface area contributed by atoms with Crippen molar-refractivity contribution >= 4 is 22.9 Å². The zero-order valence-corrected chi connectivity index (χ0v) is 18.2. The number of aromatic amines is 1. The maximum absolute atomic E-state index is 13.5. The number of benzene rings is 1. The Morgan fingerprint density at radius 2 is 2.16 bits per heavy atom. The number of ketones is 1. The van der Waals surface area contributed by atoms with Gasteiger partial charge in [-0.3, -0.25) is 9.79 Å². The molecule has 0 aliphatic heterocycles. The fourth-order valence-corrected chi connectivity index (χ4v) is 4.52. The summed E-state index contributed by atoms with van der Waals surface area (Å²) in [5, 5.41) is 19.7. The van der Waals surface area contributed by atoms with Crippen molar-refractivity contribution in [3.8, 4) is 5.75 Å². The van der Waals surface area contributed by atoms with E-state index >= 15 is 0 Å². The second-order valence-corrected chi connectivity index (χ2v) is 8.50. The van der Waals surface area contributed by atoms with Crippen molar-refractivity contribution in [1.29, 1.82) is 0 Å². The minimum atomic E-state index is -1.01. The number of carbonyl (C=O) groups is 1. The average Bonchev–Trinajstić information content (AvgIpc) is 3.17. The average molecular weight is 424 g/mol. The van der Waals surface area contributed by atoms with Gasteiger partial charge in [-0.1, -0.05) is 32.1 Å². The summed E-state index contributed by atoms with van der Waals surface area (Å²) >= 11 is 0. The number of ether oxygens (including phenoxy) is 2. The smallest absolute Gasteiger partial charge is 0.195 e. The van der Waals surface area contributed by atoms with Gasteiger partial charge in [-0.25, -0.2) is 0 Å². The molecule has 3 N–H and O–H groups in total. The van der Waals surface area contributed by atoms with E-state index in [2.05, 4.69) is 23.8 Å². The normalized spacial score (nSPS) is 21.0. The lowest BCUT2D eigenvalue weighted by molar-refractivity contribution is 0.0540. The van der Waals surface area contributed by atoms with Gasteiger partial charge < -0.3 is 24.7 Å². The van der Waals surface area contributed by atoms with Gasteiger partial charge in [0.15, 0.2) is 11.5 Å². The first-order valence-electron chi connectivity index (χ1n) is 10.4. The fraction of sp³-hybridized carbons (Fsp3) is 0.417. The number of carbonyl (C=O) groups excluding carboxylic acids is 1. The van der Waals surface area contributed by atoms with Crippen LogP contribution in [0.25, 0.3) is 10.9 Å². The molecule has 164 valence electrons. The number of aliphatic hydroxyl groups is 2. The summed E-state index contributed by atoms with van der Waals surface area (Å²) in [5.41, 5.74) is 4.27. The number of nitrogens with one attached hydrogen (secondary N) is 1. The van der Waals surface area contributed by atoms with E-state index in [-0.39, 0.29) is 18.5 Å². The molecule has 1 unspecified atom stereocenters. The molecule has 7 nitrogen and oxygen atoms in total. The number of hydrogen-bond donors (Lipinski definition) is 3. The zero-order chi connectivity index (χ0) is 22.3. The fourth-order valence-electron chi connectivity index (χ4n) is 4.52. The molecule has 0 fully saturated rings. The van der Waals surface area contributed by atoms with E-state index < -0.39 is 18.1 Å². The summed E-state index contributed by atoms with van der Waals surface area (Å²) in [6.07, 6.45) is 5.09. The molecule has 0 radical (unpaired) electrons. The highest BCUT2D eigenvalue weighted by atomic mass is 16.5. The Kier molecular flexibility index (Phi) is 5.60. The molecule has 2 aliphatic rings. The first kappa shape index (κ1) is 21.5. The minimum Gasteiger partial charge on any atom is -0.488 e. The Bertz CT molecular complexity index is 1120. The predicted octanol–water partition coefficient (Wildman–Crippen LogP) is 2.69. The van der Waals surface area contributed by atoms with Gasteiger partial charge in [0.25, 0.3) is 0 Å². The third kappa shape index (κ3) is 3.43. The van der Waals surface area contributed by atoms with Gasteiger partial charge in [0.2, 0.25) is 0 Å². The Morgan fingerprint density at radius 3 is 2.84 bits per heavy atom. The number of methoxy groups -OCH3 is 1. The SMILES string of the molecule is CN=Cc1ccc2c3c([nH]c2c1OC[C@H](O)CO)C(C)(C)C1=C(C=CC(OC)C1)C3=O. The highest BCUT2D eigenvalue weighted by Gasteiger charge is 2.42. The second kappa shape index (κ2) is 8.07. The van der Waals surface area contributed by atoms with Gasteiger partial charge in [0, 0.05) is 54.4 Å². The lowest BCUT2D eigenvalue weighted by Gasteiger charge is -2.37. The van der Waals surface area contributed by atoms with Crippen LogP contribution in [0.5, 0.6) is 5.75 Å². The van der Waals surface area contributed by atoms with Crippen molar-refractivity contribution in [2.24, 2.45) is 4.99 Å². The van der Waals surface area contributed by atoms with Crippen molar-refractivity contribution in [1.82, 2.24) is 4.98 Å². The van der Waals surface area contributed by atoms with Crippen molar-refractivity contribution in [3.63, 3.8) is 0 Å². The molecule has 1 aromatic heterocycles. The molecule has 0 amide bonds. The third-order valence-electron chi connectivity index (χ3n) is 6.22. The highest BCUT2D eigenvalue weighted by molar-refractivity contribution is 6.21. The van der Waals surface area contributed by atoms with Crippen LogP contribution in [0.15, 0.2) is 40.4 Å². The van der Waals surface area contributed by atoms with Gasteiger partial charge in [-0.15, -0.1) is 0 Å². The van der Waals surface area contributed by atoms with Crippen LogP contribution < -0.4 is 4.74 Å². The number of fused-ring (bicyclic) bond motifs is 3. The molecular formula is C24H28N2O5. The lowest BCUT2D eigenvalue weighted by Crippen LogP contribution is -2.34. The van der Waals surface area contributed by atoms with Crippen molar-refractivity contribution < 1.29 is 24.5 Å². The van der Waals surface area contributed by atoms with Crippen molar-refractivity contribution in [3.05, 3.63) is 52.3 Å². The van der Waals surface area contributed by atoms with Crippen LogP contribution in [0, 0.1) is 0 Å². The Balaban J connectivity index is 1.90. The zero-order valence-electron chi connectivity index (χ0n) is 18.2. The first-order chi connectivity index (χ1) is 14.8. The number of Topliss-reactive ketones (excluding diaryl/α,β-unsaturated/α-hetero) is 1. The monoisotopic (exact) mass is 424 g/mol. The number of nitrogens with zero attached hydrogens (tertiary/aromatic N) is 1. The van der Waals surface area contributed by atoms with E-state index in [1.54, 1.807) is 20.4 Å². The highest BCUT2D eigenvalue weighted by Crippen LogP contribution is 2.48. The predicted molar refractivity (Wildman–Crippen MR) is 119 cm³/mol. The van der Waals surface area contributed by atoms with Crippen LogP contribution in [-0.2, 0) is 10.2 Å². The summed E-state index contributed by atoms with van der Waals surface area (Å²) in [5.74, 6) is 0.483. The quantitative estimate of drug-likeness (QED) is 0.619. The van der Waals surface area contributed by atoms with Crippen LogP contribution >= 0.6 is 0 Å². The molecular weight excluding hydrogens is 396 g/mol. The molecule has 4 rings (SSSR count). The van der Waals surface area contributed by atoms with E-state index in [0.717, 1.165) is 27.8 Å². The van der Waals surface area contributed by atoms with Crippen LogP contribution in [-0.4, -0.2) is 66.8 Å². The molecule has 1 aromatic carbocycles.